The molecular formula is C12H11FeN3O2+2. The Hall–Kier alpha value is -0.701. The number of azide groups is 1. The van der Waals surface area contributed by atoms with Gasteiger partial charge in [-0.15, -0.1) is 0 Å². The van der Waals surface area contributed by atoms with Crippen molar-refractivity contribution in [2.24, 2.45) is 5.11 Å². The molecule has 0 bridgehead atoms. The summed E-state index contributed by atoms with van der Waals surface area (Å²) in [4.78, 5) is 12.7. The van der Waals surface area contributed by atoms with E-state index in [1.165, 1.54) is 0 Å². The van der Waals surface area contributed by atoms with Gasteiger partial charge in [-0.1, -0.05) is 5.11 Å². The Morgan fingerprint density at radius 3 is 2.06 bits per heavy atom. The first-order valence-electron chi connectivity index (χ1n) is 4.90. The van der Waals surface area contributed by atoms with E-state index in [1.54, 1.807) is 25.7 Å². The van der Waals surface area contributed by atoms with Crippen LogP contribution in [0, 0.1) is 63.2 Å². The third kappa shape index (κ3) is 6.90. The minimum atomic E-state index is -0.866. The zero-order valence-corrected chi connectivity index (χ0v) is 10.5. The normalized spacial score (nSPS) is 19.3. The fourth-order valence-electron chi connectivity index (χ4n) is 1.15. The molecule has 92 valence electrons. The third-order valence-electron chi connectivity index (χ3n) is 1.96. The van der Waals surface area contributed by atoms with Crippen molar-refractivity contribution >= 4 is 5.97 Å². The molecule has 0 spiro atoms. The van der Waals surface area contributed by atoms with Crippen LogP contribution in [0.4, 0.5) is 0 Å². The molecule has 0 heterocycles. The molecule has 10 radical (unpaired) electrons. The Bertz CT molecular complexity index is 281. The first-order chi connectivity index (χ1) is 8.24. The summed E-state index contributed by atoms with van der Waals surface area (Å²) < 4.78 is 0. The average Bonchev–Trinajstić information content (AvgIpc) is 3.00. The molecule has 0 atom stereocenters. The molecule has 18 heavy (non-hydrogen) atoms. The summed E-state index contributed by atoms with van der Waals surface area (Å²) in [5, 5.41) is 11.7. The van der Waals surface area contributed by atoms with Gasteiger partial charge in [0.05, 0.1) is 5.92 Å². The second-order valence-electron chi connectivity index (χ2n) is 3.16. The summed E-state index contributed by atoms with van der Waals surface area (Å²) in [5.74, 6) is 0.549. The first kappa shape index (κ1) is 17.3. The van der Waals surface area contributed by atoms with E-state index in [2.05, 4.69) is 10.0 Å². The van der Waals surface area contributed by atoms with Crippen molar-refractivity contribution in [3.05, 3.63) is 73.6 Å². The van der Waals surface area contributed by atoms with Gasteiger partial charge in [0.15, 0.2) is 0 Å². The number of carbonyl (C=O) groups is 1. The molecule has 0 aromatic carbocycles. The van der Waals surface area contributed by atoms with Crippen molar-refractivity contribution in [1.82, 2.24) is 0 Å². The van der Waals surface area contributed by atoms with Crippen LogP contribution in [-0.2, 0) is 21.9 Å². The van der Waals surface area contributed by atoms with Gasteiger partial charge in [0.2, 0.25) is 0 Å². The summed E-state index contributed by atoms with van der Waals surface area (Å²) in [7, 11) is 0. The smallest absolute Gasteiger partial charge is 0.481 e. The van der Waals surface area contributed by atoms with Crippen LogP contribution < -0.4 is 0 Å². The number of rotatable bonds is 3. The number of aliphatic carboxylic acids is 1. The van der Waals surface area contributed by atoms with Crippen LogP contribution in [0.2, 0.25) is 0 Å². The SMILES string of the molecule is O=C(O)[C]1[CH][CH][CH][CH]1.[Fe+2].[N-]=[N+]=NC[C]1[CH][CH][CH][CH]1. The number of hydrogen-bond acceptors (Lipinski definition) is 2. The van der Waals surface area contributed by atoms with Crippen LogP contribution in [0.1, 0.15) is 0 Å². The Kier molecular flexibility index (Phi) is 9.84. The van der Waals surface area contributed by atoms with Crippen LogP contribution in [-0.4, -0.2) is 17.6 Å². The predicted molar refractivity (Wildman–Crippen MR) is 62.5 cm³/mol. The fourth-order valence-corrected chi connectivity index (χ4v) is 1.15. The van der Waals surface area contributed by atoms with Gasteiger partial charge in [0.1, 0.15) is 0 Å². The molecule has 0 amide bonds. The molecule has 2 aliphatic rings. The number of carboxylic acids is 1. The molecule has 2 fully saturated rings. The first-order valence-corrected chi connectivity index (χ1v) is 4.90. The molecule has 2 saturated carbocycles. The van der Waals surface area contributed by atoms with Crippen molar-refractivity contribution in [3.8, 4) is 0 Å². The number of hydrogen-bond donors (Lipinski definition) is 1. The summed E-state index contributed by atoms with van der Waals surface area (Å²) in [6.45, 7) is 0.462. The second kappa shape index (κ2) is 10.2. The van der Waals surface area contributed by atoms with Crippen molar-refractivity contribution in [2.45, 2.75) is 0 Å². The minimum absolute atomic E-state index is 0. The zero-order valence-electron chi connectivity index (χ0n) is 9.38. The molecule has 0 aromatic heterocycles. The van der Waals surface area contributed by atoms with Gasteiger partial charge in [-0.25, -0.2) is 0 Å². The molecule has 0 saturated heterocycles. The summed E-state index contributed by atoms with van der Waals surface area (Å²) in [6, 6.07) is 0. The molecule has 5 nitrogen and oxygen atoms in total. The summed E-state index contributed by atoms with van der Waals surface area (Å²) >= 11 is 0. The van der Waals surface area contributed by atoms with Crippen LogP contribution >= 0.6 is 0 Å². The molecule has 1 N–H and O–H groups in total. The van der Waals surface area contributed by atoms with E-state index >= 15 is 0 Å². The molecule has 0 unspecified atom stereocenters. The minimum Gasteiger partial charge on any atom is -0.481 e. The van der Waals surface area contributed by atoms with Gasteiger partial charge in [0, 0.05) is 11.5 Å². The van der Waals surface area contributed by atoms with E-state index in [9.17, 15) is 4.79 Å². The fraction of sp³-hybridized carbons (Fsp3) is 0.0833. The van der Waals surface area contributed by atoms with Gasteiger partial charge < -0.3 is 5.11 Å². The Labute approximate surface area is 118 Å². The predicted octanol–water partition coefficient (Wildman–Crippen LogP) is 2.18. The summed E-state index contributed by atoms with van der Waals surface area (Å²) in [5.41, 5.74) is 7.92. The average molecular weight is 285 g/mol. The maximum Gasteiger partial charge on any atom is 2.00 e. The van der Waals surface area contributed by atoms with Gasteiger partial charge >= 0.3 is 23.0 Å². The maximum atomic E-state index is 10.1. The Morgan fingerprint density at radius 2 is 1.67 bits per heavy atom. The van der Waals surface area contributed by atoms with E-state index in [4.69, 9.17) is 10.6 Å². The van der Waals surface area contributed by atoms with Crippen molar-refractivity contribution < 1.29 is 27.0 Å². The van der Waals surface area contributed by atoms with E-state index in [0.29, 0.717) is 12.5 Å². The monoisotopic (exact) mass is 285 g/mol. The molecular weight excluding hydrogens is 274 g/mol. The Morgan fingerprint density at radius 1 is 1.17 bits per heavy atom. The quantitative estimate of drug-likeness (QED) is 0.373. The van der Waals surface area contributed by atoms with Crippen LogP contribution in [0.25, 0.3) is 10.4 Å². The van der Waals surface area contributed by atoms with Crippen LogP contribution in [0.5, 0.6) is 0 Å². The Balaban J connectivity index is 0.000000306. The van der Waals surface area contributed by atoms with Crippen molar-refractivity contribution in [2.75, 3.05) is 6.54 Å². The third-order valence-corrected chi connectivity index (χ3v) is 1.96. The van der Waals surface area contributed by atoms with E-state index < -0.39 is 5.97 Å². The van der Waals surface area contributed by atoms with E-state index in [1.807, 2.05) is 25.7 Å². The number of carboxylic acid groups (broad SMARTS) is 1. The number of nitrogens with zero attached hydrogens (tertiary/aromatic N) is 3. The van der Waals surface area contributed by atoms with Crippen molar-refractivity contribution in [3.63, 3.8) is 0 Å². The van der Waals surface area contributed by atoms with E-state index in [-0.39, 0.29) is 17.1 Å². The van der Waals surface area contributed by atoms with E-state index in [0.717, 1.165) is 5.92 Å². The van der Waals surface area contributed by atoms with Crippen LogP contribution in [0.3, 0.4) is 0 Å². The van der Waals surface area contributed by atoms with Gasteiger partial charge in [0.25, 0.3) is 0 Å². The topological polar surface area (TPSA) is 86.1 Å². The van der Waals surface area contributed by atoms with Gasteiger partial charge in [-0.2, -0.15) is 0 Å². The standard InChI is InChI=1S/C6H6N3.C6H5O2.Fe/c7-9-8-5-6-3-1-2-4-6;7-6(8)5-3-1-2-4-5;/h1-4H,5H2;1-4H,(H,7,8);/q;;+2. The summed E-state index contributed by atoms with van der Waals surface area (Å²) in [6.07, 6.45) is 14.2. The van der Waals surface area contributed by atoms with Crippen LogP contribution in [0.15, 0.2) is 5.11 Å². The maximum absolute atomic E-state index is 10.1. The molecule has 6 heteroatoms. The van der Waals surface area contributed by atoms with Gasteiger partial charge in [-0.05, 0) is 62.8 Å². The van der Waals surface area contributed by atoms with Crippen molar-refractivity contribution in [1.29, 1.82) is 0 Å². The largest absolute Gasteiger partial charge is 2.00 e. The van der Waals surface area contributed by atoms with Gasteiger partial charge in [-0.3, -0.25) is 4.79 Å². The second-order valence-corrected chi connectivity index (χ2v) is 3.16. The molecule has 0 aliphatic heterocycles. The molecule has 2 aliphatic carbocycles. The zero-order chi connectivity index (χ0) is 12.5. The molecule has 0 aromatic rings. The molecule has 2 rings (SSSR count).